The van der Waals surface area contributed by atoms with Gasteiger partial charge >= 0.3 is 0 Å². The Morgan fingerprint density at radius 2 is 2.04 bits per heavy atom. The number of aromatic nitrogens is 5. The van der Waals surface area contributed by atoms with Crippen molar-refractivity contribution in [2.75, 3.05) is 6.54 Å². The molecule has 8 heteroatoms. The molecule has 23 heavy (non-hydrogen) atoms. The molecule has 0 radical (unpaired) electrons. The monoisotopic (exact) mass is 318 g/mol. The number of amides is 1. The number of carbonyl (C=O) groups excluding carboxylic acids is 1. The molecule has 8 nitrogen and oxygen atoms in total. The quantitative estimate of drug-likeness (QED) is 0.869. The van der Waals surface area contributed by atoms with E-state index in [-0.39, 0.29) is 17.9 Å². The SMILES string of the molecule is Cn1nc(C(C)(C)C)cc1C(=O)N1CCn2c(CO)nnc2C1. The second-order valence-corrected chi connectivity index (χ2v) is 6.86. The van der Waals surface area contributed by atoms with Crippen molar-refractivity contribution >= 4 is 5.91 Å². The fourth-order valence-corrected chi connectivity index (χ4v) is 2.70. The van der Waals surface area contributed by atoms with Crippen LogP contribution in [0.5, 0.6) is 0 Å². The summed E-state index contributed by atoms with van der Waals surface area (Å²) in [6, 6.07) is 1.86. The van der Waals surface area contributed by atoms with E-state index >= 15 is 0 Å². The Bertz CT molecular complexity index is 740. The Labute approximate surface area is 134 Å². The van der Waals surface area contributed by atoms with E-state index in [9.17, 15) is 9.90 Å². The van der Waals surface area contributed by atoms with Crippen LogP contribution < -0.4 is 0 Å². The van der Waals surface area contributed by atoms with E-state index in [4.69, 9.17) is 0 Å². The standard InChI is InChI=1S/C15H22N6O2/c1-15(2,3)11-7-10(19(4)18-11)14(23)20-5-6-21-12(8-20)16-17-13(21)9-22/h7,22H,5-6,8-9H2,1-4H3. The van der Waals surface area contributed by atoms with Crippen LogP contribution >= 0.6 is 0 Å². The fraction of sp³-hybridized carbons (Fsp3) is 0.600. The lowest BCUT2D eigenvalue weighted by atomic mass is 9.92. The first-order chi connectivity index (χ1) is 10.8. The zero-order chi connectivity index (χ0) is 16.8. The smallest absolute Gasteiger partial charge is 0.272 e. The van der Waals surface area contributed by atoms with Gasteiger partial charge in [-0.2, -0.15) is 5.10 Å². The summed E-state index contributed by atoms with van der Waals surface area (Å²) in [5.41, 5.74) is 1.37. The van der Waals surface area contributed by atoms with Gasteiger partial charge < -0.3 is 14.6 Å². The predicted molar refractivity (Wildman–Crippen MR) is 82.6 cm³/mol. The summed E-state index contributed by atoms with van der Waals surface area (Å²) in [5.74, 6) is 1.19. The maximum atomic E-state index is 12.8. The summed E-state index contributed by atoms with van der Waals surface area (Å²) < 4.78 is 3.51. The maximum absolute atomic E-state index is 12.8. The van der Waals surface area contributed by atoms with Crippen LogP contribution in [0.4, 0.5) is 0 Å². The molecule has 3 heterocycles. The van der Waals surface area contributed by atoms with Crippen LogP contribution in [0.1, 0.15) is 48.6 Å². The van der Waals surface area contributed by atoms with Gasteiger partial charge in [-0.1, -0.05) is 20.8 Å². The molecule has 0 fully saturated rings. The van der Waals surface area contributed by atoms with E-state index in [1.807, 2.05) is 10.6 Å². The van der Waals surface area contributed by atoms with Gasteiger partial charge in [0.15, 0.2) is 11.6 Å². The molecule has 0 bridgehead atoms. The Morgan fingerprint density at radius 3 is 2.65 bits per heavy atom. The average Bonchev–Trinajstić information content (AvgIpc) is 3.08. The normalized spacial score (nSPS) is 14.9. The number of hydrogen-bond acceptors (Lipinski definition) is 5. The number of aryl methyl sites for hydroxylation is 1. The number of rotatable bonds is 2. The molecule has 0 saturated carbocycles. The summed E-state index contributed by atoms with van der Waals surface area (Å²) in [6.45, 7) is 7.62. The maximum Gasteiger partial charge on any atom is 0.272 e. The number of aliphatic hydroxyl groups is 1. The molecular weight excluding hydrogens is 296 g/mol. The molecule has 0 spiro atoms. The van der Waals surface area contributed by atoms with Gasteiger partial charge in [0.1, 0.15) is 12.3 Å². The van der Waals surface area contributed by atoms with Gasteiger partial charge in [0.2, 0.25) is 0 Å². The molecule has 1 N–H and O–H groups in total. The summed E-state index contributed by atoms with van der Waals surface area (Å²) in [4.78, 5) is 14.5. The minimum atomic E-state index is -0.141. The molecule has 1 amide bonds. The van der Waals surface area contributed by atoms with Gasteiger partial charge in [0.05, 0.1) is 12.2 Å². The molecule has 2 aromatic rings. The molecule has 0 aliphatic carbocycles. The second kappa shape index (κ2) is 5.45. The van der Waals surface area contributed by atoms with Gasteiger partial charge in [0.25, 0.3) is 5.91 Å². The van der Waals surface area contributed by atoms with E-state index in [0.29, 0.717) is 37.0 Å². The van der Waals surface area contributed by atoms with E-state index < -0.39 is 0 Å². The van der Waals surface area contributed by atoms with Crippen molar-refractivity contribution in [1.29, 1.82) is 0 Å². The number of fused-ring (bicyclic) bond motifs is 1. The lowest BCUT2D eigenvalue weighted by Gasteiger charge is -2.27. The van der Waals surface area contributed by atoms with Crippen LogP contribution in [0.3, 0.4) is 0 Å². The Hall–Kier alpha value is -2.22. The van der Waals surface area contributed by atoms with Crippen molar-refractivity contribution in [2.45, 2.75) is 45.9 Å². The third-order valence-electron chi connectivity index (χ3n) is 4.13. The molecule has 0 unspecified atom stereocenters. The predicted octanol–water partition coefficient (Wildman–Crippen LogP) is 0.457. The van der Waals surface area contributed by atoms with Crippen molar-refractivity contribution in [3.63, 3.8) is 0 Å². The van der Waals surface area contributed by atoms with Gasteiger partial charge in [-0.25, -0.2) is 0 Å². The molecule has 0 saturated heterocycles. The Kier molecular flexibility index (Phi) is 3.71. The van der Waals surface area contributed by atoms with Crippen LogP contribution in [-0.4, -0.2) is 47.0 Å². The first-order valence-corrected chi connectivity index (χ1v) is 7.67. The van der Waals surface area contributed by atoms with Gasteiger partial charge in [-0.3, -0.25) is 9.48 Å². The highest BCUT2D eigenvalue weighted by Crippen LogP contribution is 2.23. The van der Waals surface area contributed by atoms with E-state index in [2.05, 4.69) is 36.1 Å². The lowest BCUT2D eigenvalue weighted by Crippen LogP contribution is -2.39. The van der Waals surface area contributed by atoms with Crippen molar-refractivity contribution in [3.8, 4) is 0 Å². The molecule has 0 atom stereocenters. The lowest BCUT2D eigenvalue weighted by molar-refractivity contribution is 0.0694. The highest BCUT2D eigenvalue weighted by molar-refractivity contribution is 5.92. The van der Waals surface area contributed by atoms with E-state index in [1.165, 1.54) is 0 Å². The Morgan fingerprint density at radius 1 is 1.30 bits per heavy atom. The number of aliphatic hydroxyl groups excluding tert-OH is 1. The third kappa shape index (κ3) is 2.74. The minimum Gasteiger partial charge on any atom is -0.388 e. The highest BCUT2D eigenvalue weighted by Gasteiger charge is 2.28. The highest BCUT2D eigenvalue weighted by atomic mass is 16.3. The number of hydrogen-bond donors (Lipinski definition) is 1. The van der Waals surface area contributed by atoms with Crippen molar-refractivity contribution in [3.05, 3.63) is 29.1 Å². The Balaban J connectivity index is 1.83. The van der Waals surface area contributed by atoms with Gasteiger partial charge in [-0.05, 0) is 6.07 Å². The number of nitrogens with zero attached hydrogens (tertiary/aromatic N) is 6. The molecular formula is C15H22N6O2. The first-order valence-electron chi connectivity index (χ1n) is 7.67. The molecule has 1 aliphatic rings. The second-order valence-electron chi connectivity index (χ2n) is 6.86. The zero-order valence-corrected chi connectivity index (χ0v) is 13.9. The van der Waals surface area contributed by atoms with E-state index in [0.717, 1.165) is 5.69 Å². The summed E-state index contributed by atoms with van der Waals surface area (Å²) in [6.07, 6.45) is 0. The van der Waals surface area contributed by atoms with Crippen molar-refractivity contribution in [2.24, 2.45) is 7.05 Å². The zero-order valence-electron chi connectivity index (χ0n) is 13.9. The summed E-state index contributed by atoms with van der Waals surface area (Å²) in [7, 11) is 1.79. The molecule has 124 valence electrons. The van der Waals surface area contributed by atoms with Crippen LogP contribution in [0.15, 0.2) is 6.07 Å². The average molecular weight is 318 g/mol. The molecule has 2 aromatic heterocycles. The van der Waals surface area contributed by atoms with Gasteiger partial charge in [-0.15, -0.1) is 10.2 Å². The number of carbonyl (C=O) groups is 1. The largest absolute Gasteiger partial charge is 0.388 e. The minimum absolute atomic E-state index is 0.0599. The van der Waals surface area contributed by atoms with Crippen LogP contribution in [0.2, 0.25) is 0 Å². The van der Waals surface area contributed by atoms with Crippen LogP contribution in [0, 0.1) is 0 Å². The topological polar surface area (TPSA) is 89.1 Å². The first kappa shape index (κ1) is 15.7. The molecule has 3 rings (SSSR count). The van der Waals surface area contributed by atoms with Crippen LogP contribution in [-0.2, 0) is 32.2 Å². The summed E-state index contributed by atoms with van der Waals surface area (Å²) >= 11 is 0. The molecule has 0 aromatic carbocycles. The van der Waals surface area contributed by atoms with Crippen molar-refractivity contribution in [1.82, 2.24) is 29.4 Å². The fourth-order valence-electron chi connectivity index (χ4n) is 2.70. The summed E-state index contributed by atoms with van der Waals surface area (Å²) in [5, 5.41) is 21.7. The molecule has 1 aliphatic heterocycles. The van der Waals surface area contributed by atoms with Crippen molar-refractivity contribution < 1.29 is 9.90 Å². The van der Waals surface area contributed by atoms with Gasteiger partial charge in [0, 0.05) is 25.6 Å². The van der Waals surface area contributed by atoms with Crippen LogP contribution in [0.25, 0.3) is 0 Å². The third-order valence-corrected chi connectivity index (χ3v) is 4.13. The van der Waals surface area contributed by atoms with E-state index in [1.54, 1.807) is 16.6 Å².